The number of rotatable bonds is 38. The topological polar surface area (TPSA) is 55.8 Å². The van der Waals surface area contributed by atoms with E-state index in [-0.39, 0.29) is 36.0 Å². The molecule has 0 bridgehead atoms. The Bertz CT molecular complexity index is 1190. The SMILES string of the molecule is CC/C=C\CC1C(CC(=O)OC(CCCCCCCC/C=C\C/C=C\CCCCC)CCCCCCCC/C=C\C/C=C\CCCCC)CCC1OC(=O)C1(C)CCN(C)CC1. The molecule has 0 radical (unpaired) electrons. The number of esters is 2. The van der Waals surface area contributed by atoms with E-state index in [1.165, 1.54) is 128 Å². The molecule has 3 atom stereocenters. The molecule has 2 fully saturated rings. The first-order chi connectivity index (χ1) is 30.3. The number of unbranched alkanes of at least 4 members (excludes halogenated alkanes) is 18. The van der Waals surface area contributed by atoms with E-state index in [1.807, 2.05) is 0 Å². The minimum Gasteiger partial charge on any atom is -0.462 e. The van der Waals surface area contributed by atoms with E-state index in [0.29, 0.717) is 6.42 Å². The van der Waals surface area contributed by atoms with Crippen LogP contribution in [0.15, 0.2) is 60.8 Å². The van der Waals surface area contributed by atoms with Gasteiger partial charge in [-0.25, -0.2) is 0 Å². The second-order valence-corrected chi connectivity index (χ2v) is 19.5. The van der Waals surface area contributed by atoms with Crippen molar-refractivity contribution >= 4 is 11.9 Å². The van der Waals surface area contributed by atoms with Gasteiger partial charge >= 0.3 is 11.9 Å². The molecule has 1 aliphatic carbocycles. The van der Waals surface area contributed by atoms with E-state index >= 15 is 0 Å². The van der Waals surface area contributed by atoms with Gasteiger partial charge in [-0.3, -0.25) is 9.59 Å². The van der Waals surface area contributed by atoms with Crippen LogP contribution in [0.5, 0.6) is 0 Å². The third kappa shape index (κ3) is 27.7. The number of carbonyl (C=O) groups is 2. The highest BCUT2D eigenvalue weighted by Crippen LogP contribution is 2.41. The lowest BCUT2D eigenvalue weighted by Gasteiger charge is -2.37. The Morgan fingerprint density at radius 3 is 1.55 bits per heavy atom. The van der Waals surface area contributed by atoms with Crippen molar-refractivity contribution in [2.24, 2.45) is 17.3 Å². The molecule has 0 aromatic heterocycles. The van der Waals surface area contributed by atoms with Crippen LogP contribution in [0.4, 0.5) is 0 Å². The van der Waals surface area contributed by atoms with Crippen LogP contribution in [0.1, 0.15) is 240 Å². The fourth-order valence-electron chi connectivity index (χ4n) is 9.30. The smallest absolute Gasteiger partial charge is 0.312 e. The Morgan fingerprint density at radius 1 is 0.597 bits per heavy atom. The molecule has 0 aromatic carbocycles. The van der Waals surface area contributed by atoms with Gasteiger partial charge in [0.15, 0.2) is 0 Å². The molecule has 0 amide bonds. The lowest BCUT2D eigenvalue weighted by atomic mass is 9.80. The average molecular weight is 862 g/mol. The van der Waals surface area contributed by atoms with Crippen molar-refractivity contribution in [2.45, 2.75) is 252 Å². The predicted octanol–water partition coefficient (Wildman–Crippen LogP) is 16.7. The molecule has 2 aliphatic rings. The number of allylic oxidation sites excluding steroid dienone is 10. The lowest BCUT2D eigenvalue weighted by molar-refractivity contribution is -0.165. The second kappa shape index (κ2) is 37.9. The second-order valence-electron chi connectivity index (χ2n) is 19.5. The van der Waals surface area contributed by atoms with Crippen LogP contribution < -0.4 is 0 Å². The van der Waals surface area contributed by atoms with Crippen molar-refractivity contribution in [2.75, 3.05) is 20.1 Å². The molecule has 0 N–H and O–H groups in total. The first kappa shape index (κ1) is 55.7. The molecule has 1 aliphatic heterocycles. The van der Waals surface area contributed by atoms with Crippen LogP contribution in [0.25, 0.3) is 0 Å². The number of likely N-dealkylation sites (tertiary alicyclic amines) is 1. The number of hydrogen-bond acceptors (Lipinski definition) is 5. The molecule has 3 unspecified atom stereocenters. The van der Waals surface area contributed by atoms with E-state index in [9.17, 15) is 9.59 Å². The van der Waals surface area contributed by atoms with Gasteiger partial charge in [-0.15, -0.1) is 0 Å². The van der Waals surface area contributed by atoms with Gasteiger partial charge in [0.05, 0.1) is 5.41 Å². The molecule has 2 rings (SSSR count). The predicted molar refractivity (Wildman–Crippen MR) is 267 cm³/mol. The fraction of sp³-hybridized carbons (Fsp3) is 0.789. The Balaban J connectivity index is 1.81. The maximum Gasteiger partial charge on any atom is 0.312 e. The molecule has 0 aromatic rings. The average Bonchev–Trinajstić information content (AvgIpc) is 3.63. The summed E-state index contributed by atoms with van der Waals surface area (Å²) in [6.45, 7) is 10.6. The quantitative estimate of drug-likeness (QED) is 0.0352. The van der Waals surface area contributed by atoms with Crippen molar-refractivity contribution in [3.8, 4) is 0 Å². The summed E-state index contributed by atoms with van der Waals surface area (Å²) in [6, 6.07) is 0. The third-order valence-electron chi connectivity index (χ3n) is 13.7. The highest BCUT2D eigenvalue weighted by atomic mass is 16.5. The number of nitrogens with zero attached hydrogens (tertiary/aromatic N) is 1. The zero-order valence-corrected chi connectivity index (χ0v) is 41.4. The summed E-state index contributed by atoms with van der Waals surface area (Å²) in [4.78, 5) is 29.6. The van der Waals surface area contributed by atoms with E-state index in [0.717, 1.165) is 90.1 Å². The first-order valence-electron chi connectivity index (χ1n) is 26.7. The van der Waals surface area contributed by atoms with Crippen molar-refractivity contribution in [1.82, 2.24) is 4.90 Å². The van der Waals surface area contributed by atoms with Crippen molar-refractivity contribution < 1.29 is 19.1 Å². The zero-order chi connectivity index (χ0) is 44.8. The molecule has 62 heavy (non-hydrogen) atoms. The molecular formula is C57H99NO4. The summed E-state index contributed by atoms with van der Waals surface area (Å²) in [5.74, 6) is 0.281. The van der Waals surface area contributed by atoms with Gasteiger partial charge in [0, 0.05) is 12.3 Å². The fourth-order valence-corrected chi connectivity index (χ4v) is 9.30. The van der Waals surface area contributed by atoms with Crippen molar-refractivity contribution in [1.29, 1.82) is 0 Å². The van der Waals surface area contributed by atoms with Crippen LogP contribution in [0.3, 0.4) is 0 Å². The van der Waals surface area contributed by atoms with E-state index in [4.69, 9.17) is 9.47 Å². The Kier molecular flexibility index (Phi) is 34.1. The van der Waals surface area contributed by atoms with Crippen LogP contribution in [-0.2, 0) is 19.1 Å². The molecular weight excluding hydrogens is 763 g/mol. The minimum atomic E-state index is -0.412. The zero-order valence-electron chi connectivity index (χ0n) is 41.4. The summed E-state index contributed by atoms with van der Waals surface area (Å²) in [5, 5.41) is 0. The van der Waals surface area contributed by atoms with Gasteiger partial charge < -0.3 is 14.4 Å². The summed E-state index contributed by atoms with van der Waals surface area (Å²) < 4.78 is 12.7. The van der Waals surface area contributed by atoms with E-state index in [2.05, 4.69) is 100 Å². The lowest BCUT2D eigenvalue weighted by Crippen LogP contribution is -2.43. The van der Waals surface area contributed by atoms with Gasteiger partial charge in [-0.05, 0) is 161 Å². The monoisotopic (exact) mass is 862 g/mol. The van der Waals surface area contributed by atoms with Crippen LogP contribution in [-0.4, -0.2) is 49.2 Å². The summed E-state index contributed by atoms with van der Waals surface area (Å²) in [7, 11) is 2.13. The normalized spacial score (nSPS) is 19.7. The Morgan fingerprint density at radius 2 is 1.06 bits per heavy atom. The summed E-state index contributed by atoms with van der Waals surface area (Å²) in [5.41, 5.74) is -0.412. The van der Waals surface area contributed by atoms with Crippen LogP contribution in [0.2, 0.25) is 0 Å². The van der Waals surface area contributed by atoms with Gasteiger partial charge in [0.25, 0.3) is 0 Å². The molecule has 1 heterocycles. The van der Waals surface area contributed by atoms with Gasteiger partial charge in [-0.1, -0.05) is 159 Å². The van der Waals surface area contributed by atoms with Crippen molar-refractivity contribution in [3.05, 3.63) is 60.8 Å². The van der Waals surface area contributed by atoms with Gasteiger partial charge in [-0.2, -0.15) is 0 Å². The van der Waals surface area contributed by atoms with Crippen molar-refractivity contribution in [3.63, 3.8) is 0 Å². The number of piperidine rings is 1. The number of hydrogen-bond donors (Lipinski definition) is 0. The van der Waals surface area contributed by atoms with Gasteiger partial charge in [0.2, 0.25) is 0 Å². The molecule has 5 heteroatoms. The molecule has 0 spiro atoms. The number of ether oxygens (including phenoxy) is 2. The number of carbonyl (C=O) groups excluding carboxylic acids is 2. The Hall–Kier alpha value is -2.40. The van der Waals surface area contributed by atoms with Crippen LogP contribution in [0, 0.1) is 17.3 Å². The molecule has 5 nitrogen and oxygen atoms in total. The highest BCUT2D eigenvalue weighted by Gasteiger charge is 2.43. The summed E-state index contributed by atoms with van der Waals surface area (Å²) in [6.07, 6.45) is 60.5. The largest absolute Gasteiger partial charge is 0.462 e. The summed E-state index contributed by atoms with van der Waals surface area (Å²) >= 11 is 0. The Labute approximate surface area is 384 Å². The molecule has 356 valence electrons. The van der Waals surface area contributed by atoms with E-state index in [1.54, 1.807) is 0 Å². The maximum absolute atomic E-state index is 13.7. The van der Waals surface area contributed by atoms with Gasteiger partial charge in [0.1, 0.15) is 12.2 Å². The maximum atomic E-state index is 13.7. The molecule has 1 saturated heterocycles. The third-order valence-corrected chi connectivity index (χ3v) is 13.7. The molecule has 1 saturated carbocycles. The minimum absolute atomic E-state index is 0.0111. The standard InChI is InChI=1S/C57H99NO4/c1-6-9-12-14-16-18-20-22-24-26-28-30-32-34-36-39-41-52(42-40-37-35-33-31-29-27-25-23-21-19-17-15-13-10-7-2)61-55(59)50-51-44-45-54(53(51)43-38-11-8-3)62-56(60)57(4)46-48-58(5)49-47-57/h11,16-19,22-25,38,51-54H,6-10,12-15,20-21,26-37,39-50H2,1-5H3/b18-16-,19-17-,24-22-,25-23-,38-11-. The first-order valence-corrected chi connectivity index (χ1v) is 26.7. The van der Waals surface area contributed by atoms with Crippen LogP contribution >= 0.6 is 0 Å². The van der Waals surface area contributed by atoms with E-state index < -0.39 is 5.41 Å². The highest BCUT2D eigenvalue weighted by molar-refractivity contribution is 5.77.